The molecule has 1 atom stereocenters. The lowest BCUT2D eigenvalue weighted by Crippen LogP contribution is -2.19. The molecule has 5 heteroatoms. The maximum absolute atomic E-state index is 6.12. The first-order valence-electron chi connectivity index (χ1n) is 9.08. The first kappa shape index (κ1) is 16.9. The van der Waals surface area contributed by atoms with Gasteiger partial charge in [-0.05, 0) is 65.7 Å². The van der Waals surface area contributed by atoms with E-state index in [0.717, 1.165) is 44.6 Å². The number of halogens is 1. The lowest BCUT2D eigenvalue weighted by molar-refractivity contribution is 0.415. The molecule has 0 fully saturated rings. The van der Waals surface area contributed by atoms with Gasteiger partial charge in [0, 0.05) is 10.7 Å². The topological polar surface area (TPSA) is 39.1 Å². The van der Waals surface area contributed by atoms with Crippen molar-refractivity contribution in [3.8, 4) is 5.75 Å². The Morgan fingerprint density at radius 3 is 2.46 bits per heavy atom. The molecule has 0 radical (unpaired) electrons. The van der Waals surface area contributed by atoms with Gasteiger partial charge < -0.3 is 10.1 Å². The average molecular weight is 388 g/mol. The Kier molecular flexibility index (Phi) is 4.06. The fraction of sp³-hybridized carbons (Fsp3) is 0.0870. The predicted octanol–water partition coefficient (Wildman–Crippen LogP) is 5.75. The van der Waals surface area contributed by atoms with Crippen molar-refractivity contribution >= 4 is 34.3 Å². The molecule has 0 saturated heterocycles. The second kappa shape index (κ2) is 6.73. The molecular weight excluding hydrogens is 370 g/mol. The van der Waals surface area contributed by atoms with Crippen molar-refractivity contribution in [1.29, 1.82) is 0 Å². The van der Waals surface area contributed by atoms with Gasteiger partial charge >= 0.3 is 0 Å². The summed E-state index contributed by atoms with van der Waals surface area (Å²) in [4.78, 5) is 4.82. The number of para-hydroxylation sites is 2. The van der Waals surface area contributed by atoms with E-state index in [2.05, 4.69) is 46.3 Å². The quantitative estimate of drug-likeness (QED) is 0.486. The maximum atomic E-state index is 6.12. The van der Waals surface area contributed by atoms with Gasteiger partial charge in [-0.1, -0.05) is 35.9 Å². The minimum atomic E-state index is 0.0121. The summed E-state index contributed by atoms with van der Waals surface area (Å²) in [7, 11) is 1.67. The van der Waals surface area contributed by atoms with Crippen LogP contribution in [0.5, 0.6) is 5.75 Å². The fourth-order valence-corrected chi connectivity index (χ4v) is 3.78. The van der Waals surface area contributed by atoms with Gasteiger partial charge in [0.25, 0.3) is 0 Å². The Morgan fingerprint density at radius 2 is 1.71 bits per heavy atom. The zero-order valence-electron chi connectivity index (χ0n) is 15.3. The third kappa shape index (κ3) is 2.83. The number of aromatic nitrogens is 2. The Balaban J connectivity index is 1.67. The van der Waals surface area contributed by atoms with Crippen LogP contribution in [0.3, 0.4) is 0 Å². The number of anilines is 1. The Bertz CT molecular complexity index is 1180. The van der Waals surface area contributed by atoms with Crippen molar-refractivity contribution in [3.05, 3.63) is 95.0 Å². The van der Waals surface area contributed by atoms with Crippen LogP contribution in [-0.2, 0) is 0 Å². The Morgan fingerprint density at radius 1 is 0.964 bits per heavy atom. The van der Waals surface area contributed by atoms with Crippen LogP contribution in [0.25, 0.3) is 16.7 Å². The van der Waals surface area contributed by atoms with Crippen LogP contribution in [0.2, 0.25) is 5.02 Å². The normalized spacial score (nSPS) is 15.6. The number of hydrogen-bond acceptors (Lipinski definition) is 3. The number of methoxy groups -OCH3 is 1. The summed E-state index contributed by atoms with van der Waals surface area (Å²) in [6, 6.07) is 24.2. The lowest BCUT2D eigenvalue weighted by atomic mass is 10.0. The summed E-state index contributed by atoms with van der Waals surface area (Å²) in [6.07, 6.45) is 2.23. The molecule has 0 spiro atoms. The van der Waals surface area contributed by atoms with Crippen LogP contribution in [0.4, 0.5) is 5.95 Å². The van der Waals surface area contributed by atoms with Crippen LogP contribution in [0, 0.1) is 0 Å². The zero-order valence-corrected chi connectivity index (χ0v) is 16.0. The molecule has 0 aliphatic carbocycles. The van der Waals surface area contributed by atoms with E-state index >= 15 is 0 Å². The predicted molar refractivity (Wildman–Crippen MR) is 114 cm³/mol. The van der Waals surface area contributed by atoms with Crippen LogP contribution >= 0.6 is 11.6 Å². The van der Waals surface area contributed by atoms with Crippen molar-refractivity contribution in [2.45, 2.75) is 6.04 Å². The van der Waals surface area contributed by atoms with E-state index in [4.69, 9.17) is 21.3 Å². The number of rotatable bonds is 3. The minimum absolute atomic E-state index is 0.0121. The van der Waals surface area contributed by atoms with Crippen LogP contribution < -0.4 is 10.1 Å². The number of imidazole rings is 1. The summed E-state index contributed by atoms with van der Waals surface area (Å²) in [5.41, 5.74) is 5.31. The summed E-state index contributed by atoms with van der Waals surface area (Å²) < 4.78 is 7.51. The Labute approximate surface area is 168 Å². The molecule has 0 saturated carbocycles. The molecular formula is C23H18ClN3O. The molecule has 3 aromatic carbocycles. The third-order valence-electron chi connectivity index (χ3n) is 5.06. The van der Waals surface area contributed by atoms with E-state index < -0.39 is 0 Å². The molecule has 1 aliphatic rings. The van der Waals surface area contributed by atoms with Crippen molar-refractivity contribution in [1.82, 2.24) is 9.55 Å². The van der Waals surface area contributed by atoms with E-state index in [1.54, 1.807) is 7.11 Å². The average Bonchev–Trinajstić information content (AvgIpc) is 3.12. The van der Waals surface area contributed by atoms with E-state index in [1.165, 1.54) is 0 Å². The van der Waals surface area contributed by atoms with Crippen molar-refractivity contribution < 1.29 is 4.74 Å². The number of hydrogen-bond donors (Lipinski definition) is 1. The maximum Gasteiger partial charge on any atom is 0.209 e. The first-order chi connectivity index (χ1) is 13.7. The van der Waals surface area contributed by atoms with E-state index in [9.17, 15) is 0 Å². The van der Waals surface area contributed by atoms with Gasteiger partial charge in [0.1, 0.15) is 5.75 Å². The second-order valence-corrected chi connectivity index (χ2v) is 7.16. The lowest BCUT2D eigenvalue weighted by Gasteiger charge is -2.26. The van der Waals surface area contributed by atoms with Gasteiger partial charge in [-0.25, -0.2) is 4.98 Å². The molecule has 2 heterocycles. The highest BCUT2D eigenvalue weighted by Gasteiger charge is 2.25. The smallest absolute Gasteiger partial charge is 0.209 e. The fourth-order valence-electron chi connectivity index (χ4n) is 3.65. The number of allylic oxidation sites excluding steroid dienone is 1. The van der Waals surface area contributed by atoms with E-state index in [1.807, 2.05) is 42.5 Å². The minimum Gasteiger partial charge on any atom is -0.497 e. The molecule has 0 unspecified atom stereocenters. The zero-order chi connectivity index (χ0) is 19.1. The van der Waals surface area contributed by atoms with Gasteiger partial charge in [0.15, 0.2) is 0 Å². The highest BCUT2D eigenvalue weighted by atomic mass is 35.5. The molecule has 1 N–H and O–H groups in total. The first-order valence-corrected chi connectivity index (χ1v) is 9.46. The number of ether oxygens (including phenoxy) is 1. The summed E-state index contributed by atoms with van der Waals surface area (Å²) in [5.74, 6) is 1.66. The van der Waals surface area contributed by atoms with Gasteiger partial charge in [0.2, 0.25) is 5.95 Å². The number of benzene rings is 3. The number of fused-ring (bicyclic) bond motifs is 3. The largest absolute Gasteiger partial charge is 0.497 e. The van der Waals surface area contributed by atoms with Crippen LogP contribution in [0.1, 0.15) is 17.2 Å². The Hall–Kier alpha value is -3.24. The molecule has 1 aromatic heterocycles. The van der Waals surface area contributed by atoms with Gasteiger partial charge in [-0.3, -0.25) is 4.57 Å². The number of nitrogens with one attached hydrogen (secondary N) is 1. The molecule has 28 heavy (non-hydrogen) atoms. The summed E-state index contributed by atoms with van der Waals surface area (Å²) >= 11 is 6.12. The number of nitrogens with zero attached hydrogens (tertiary/aromatic N) is 2. The van der Waals surface area contributed by atoms with Crippen molar-refractivity contribution in [2.24, 2.45) is 0 Å². The van der Waals surface area contributed by atoms with Gasteiger partial charge in [-0.2, -0.15) is 0 Å². The third-order valence-corrected chi connectivity index (χ3v) is 5.31. The molecule has 4 nitrogen and oxygen atoms in total. The molecule has 5 rings (SSSR count). The second-order valence-electron chi connectivity index (χ2n) is 6.72. The SMILES string of the molecule is COc1ccc(C2=C[C@@H](c3ccc(Cl)cc3)n3c(nc4ccccc43)N2)cc1. The van der Waals surface area contributed by atoms with Gasteiger partial charge in [0.05, 0.1) is 24.2 Å². The highest BCUT2D eigenvalue weighted by molar-refractivity contribution is 6.30. The monoisotopic (exact) mass is 387 g/mol. The molecule has 138 valence electrons. The highest BCUT2D eigenvalue weighted by Crippen LogP contribution is 2.37. The van der Waals surface area contributed by atoms with E-state index in [0.29, 0.717) is 0 Å². The van der Waals surface area contributed by atoms with Crippen molar-refractivity contribution in [3.63, 3.8) is 0 Å². The van der Waals surface area contributed by atoms with Crippen LogP contribution in [0.15, 0.2) is 78.9 Å². The van der Waals surface area contributed by atoms with Crippen LogP contribution in [-0.4, -0.2) is 16.7 Å². The summed E-state index contributed by atoms with van der Waals surface area (Å²) in [5, 5.41) is 4.23. The van der Waals surface area contributed by atoms with Gasteiger partial charge in [-0.15, -0.1) is 0 Å². The van der Waals surface area contributed by atoms with E-state index in [-0.39, 0.29) is 6.04 Å². The summed E-state index contributed by atoms with van der Waals surface area (Å²) in [6.45, 7) is 0. The molecule has 4 aromatic rings. The van der Waals surface area contributed by atoms with Crippen molar-refractivity contribution in [2.75, 3.05) is 12.4 Å². The molecule has 1 aliphatic heterocycles. The molecule has 0 amide bonds. The standard InChI is InChI=1S/C23H18ClN3O/c1-28-18-12-8-15(9-13-18)20-14-22(16-6-10-17(24)11-7-16)27-21-5-3-2-4-19(21)25-23(27)26-20/h2-14,22H,1H3,(H,25,26)/t22-/m0/s1. The molecule has 0 bridgehead atoms.